The number of Topliss-reactive ketones (excluding diaryl/α,β-unsaturated/α-hetero) is 1. The third-order valence-corrected chi connectivity index (χ3v) is 6.29. The maximum atomic E-state index is 13.2. The molecule has 3 aromatic rings. The number of carbonyl (C=O) groups is 2. The first-order valence-corrected chi connectivity index (χ1v) is 10.9. The molecule has 0 N–H and O–H groups in total. The molecular weight excluding hydrogens is 400 g/mol. The average Bonchev–Trinajstić information content (AvgIpc) is 2.77. The quantitative estimate of drug-likeness (QED) is 0.397. The largest absolute Gasteiger partial charge is 0.467 e. The number of nitrogens with zero attached hydrogens (tertiary/aromatic N) is 2. The molecule has 1 aliphatic heterocycles. The molecule has 0 spiro atoms. The lowest BCUT2D eigenvalue weighted by molar-refractivity contribution is -0.143. The van der Waals surface area contributed by atoms with Gasteiger partial charge in [0.15, 0.2) is 5.78 Å². The summed E-state index contributed by atoms with van der Waals surface area (Å²) in [7, 11) is 1.43. The molecule has 2 heterocycles. The summed E-state index contributed by atoms with van der Waals surface area (Å²) in [5, 5.41) is 0. The zero-order valence-corrected chi connectivity index (χ0v) is 18.7. The molecule has 1 unspecified atom stereocenters. The molecule has 1 fully saturated rings. The summed E-state index contributed by atoms with van der Waals surface area (Å²) in [5.41, 5.74) is 5.91. The number of hydrogen-bond acceptors (Lipinski definition) is 5. The minimum absolute atomic E-state index is 0.0565. The molecule has 0 aliphatic carbocycles. The van der Waals surface area contributed by atoms with Gasteiger partial charge in [-0.15, -0.1) is 0 Å². The van der Waals surface area contributed by atoms with E-state index in [2.05, 4.69) is 41.1 Å². The van der Waals surface area contributed by atoms with Gasteiger partial charge in [0.2, 0.25) is 0 Å². The topological polar surface area (TPSA) is 59.5 Å². The minimum Gasteiger partial charge on any atom is -0.467 e. The Hall–Kier alpha value is -3.47. The SMILES string of the molecule is COC(=O)C1CCN1c1ccc([C@@H](CC(=O)c2ccnc(C)c2)c2ccccc2C)cc1. The summed E-state index contributed by atoms with van der Waals surface area (Å²) in [6.07, 6.45) is 2.87. The predicted molar refractivity (Wildman–Crippen MR) is 125 cm³/mol. The third-order valence-electron chi connectivity index (χ3n) is 6.29. The lowest BCUT2D eigenvalue weighted by Gasteiger charge is -2.40. The standard InChI is InChI=1S/C27H28N2O3/c1-18-6-4-5-7-23(18)24(17-26(30)21-12-14-28-19(2)16-21)20-8-10-22(11-9-20)29-15-13-25(29)27(31)32-3/h4-12,14,16,24-25H,13,15,17H2,1-3H3/t24-,25?/m1/s1. The van der Waals surface area contributed by atoms with Crippen LogP contribution in [-0.2, 0) is 9.53 Å². The van der Waals surface area contributed by atoms with Crippen molar-refractivity contribution in [3.05, 3.63) is 94.8 Å². The molecule has 2 aromatic carbocycles. The van der Waals surface area contributed by atoms with Gasteiger partial charge in [-0.2, -0.15) is 0 Å². The summed E-state index contributed by atoms with van der Waals surface area (Å²) in [4.78, 5) is 31.4. The number of carbonyl (C=O) groups excluding carboxylic acids is 2. The number of ketones is 1. The Balaban J connectivity index is 1.62. The molecule has 5 nitrogen and oxygen atoms in total. The van der Waals surface area contributed by atoms with Crippen molar-refractivity contribution in [3.8, 4) is 0 Å². The van der Waals surface area contributed by atoms with Crippen molar-refractivity contribution in [3.63, 3.8) is 0 Å². The van der Waals surface area contributed by atoms with E-state index < -0.39 is 0 Å². The van der Waals surface area contributed by atoms with Crippen LogP contribution in [0.2, 0.25) is 0 Å². The molecule has 0 bridgehead atoms. The van der Waals surface area contributed by atoms with Crippen LogP contribution in [0.25, 0.3) is 0 Å². The zero-order chi connectivity index (χ0) is 22.7. The number of pyridine rings is 1. The van der Waals surface area contributed by atoms with E-state index in [4.69, 9.17) is 4.74 Å². The van der Waals surface area contributed by atoms with E-state index in [1.54, 1.807) is 12.3 Å². The summed E-state index contributed by atoms with van der Waals surface area (Å²) < 4.78 is 4.91. The van der Waals surface area contributed by atoms with Gasteiger partial charge in [-0.25, -0.2) is 4.79 Å². The Labute approximate surface area is 189 Å². The number of anilines is 1. The molecule has 32 heavy (non-hydrogen) atoms. The number of aryl methyl sites for hydroxylation is 2. The Morgan fingerprint density at radius 2 is 1.84 bits per heavy atom. The maximum Gasteiger partial charge on any atom is 0.328 e. The Morgan fingerprint density at radius 1 is 1.09 bits per heavy atom. The monoisotopic (exact) mass is 428 g/mol. The van der Waals surface area contributed by atoms with Gasteiger partial charge in [0, 0.05) is 42.0 Å². The fraction of sp³-hybridized carbons (Fsp3) is 0.296. The zero-order valence-electron chi connectivity index (χ0n) is 18.7. The number of rotatable bonds is 7. The fourth-order valence-electron chi connectivity index (χ4n) is 4.38. The number of aromatic nitrogens is 1. The molecule has 0 amide bonds. The van der Waals surface area contributed by atoms with Crippen LogP contribution >= 0.6 is 0 Å². The lowest BCUT2D eigenvalue weighted by Crippen LogP contribution is -2.53. The van der Waals surface area contributed by atoms with Crippen molar-refractivity contribution in [2.45, 2.75) is 38.6 Å². The molecule has 1 aromatic heterocycles. The number of ether oxygens (including phenoxy) is 1. The van der Waals surface area contributed by atoms with Crippen LogP contribution in [0, 0.1) is 13.8 Å². The van der Waals surface area contributed by atoms with Gasteiger partial charge in [0.05, 0.1) is 7.11 Å². The second-order valence-corrected chi connectivity index (χ2v) is 8.33. The smallest absolute Gasteiger partial charge is 0.328 e. The first-order valence-electron chi connectivity index (χ1n) is 10.9. The highest BCUT2D eigenvalue weighted by atomic mass is 16.5. The molecule has 5 heteroatoms. The van der Waals surface area contributed by atoms with Crippen molar-refractivity contribution in [1.29, 1.82) is 0 Å². The molecule has 1 aliphatic rings. The van der Waals surface area contributed by atoms with E-state index >= 15 is 0 Å². The third kappa shape index (κ3) is 4.42. The summed E-state index contributed by atoms with van der Waals surface area (Å²) >= 11 is 0. The van der Waals surface area contributed by atoms with Crippen LogP contribution in [0.5, 0.6) is 0 Å². The second-order valence-electron chi connectivity index (χ2n) is 8.33. The van der Waals surface area contributed by atoms with Crippen LogP contribution < -0.4 is 4.90 Å². The van der Waals surface area contributed by atoms with Gasteiger partial charge in [0.25, 0.3) is 0 Å². The van der Waals surface area contributed by atoms with E-state index in [9.17, 15) is 9.59 Å². The Morgan fingerprint density at radius 3 is 2.47 bits per heavy atom. The molecule has 164 valence electrons. The highest BCUT2D eigenvalue weighted by Crippen LogP contribution is 2.34. The van der Waals surface area contributed by atoms with Crippen molar-refractivity contribution in [2.75, 3.05) is 18.6 Å². The Kier molecular flexibility index (Phi) is 6.35. The molecule has 0 radical (unpaired) electrons. The summed E-state index contributed by atoms with van der Waals surface area (Å²) in [6, 6.07) is 19.9. The second kappa shape index (κ2) is 9.35. The first-order chi connectivity index (χ1) is 15.5. The Bertz CT molecular complexity index is 1120. The van der Waals surface area contributed by atoms with Crippen LogP contribution in [-0.4, -0.2) is 36.4 Å². The minimum atomic E-state index is -0.213. The number of methoxy groups -OCH3 is 1. The van der Waals surface area contributed by atoms with E-state index in [-0.39, 0.29) is 23.7 Å². The van der Waals surface area contributed by atoms with Crippen LogP contribution in [0.15, 0.2) is 66.9 Å². The number of esters is 1. The van der Waals surface area contributed by atoms with E-state index in [0.717, 1.165) is 41.0 Å². The van der Waals surface area contributed by atoms with Gasteiger partial charge in [-0.1, -0.05) is 36.4 Å². The van der Waals surface area contributed by atoms with Gasteiger partial charge in [0.1, 0.15) is 6.04 Å². The van der Waals surface area contributed by atoms with Crippen molar-refractivity contribution in [2.24, 2.45) is 0 Å². The van der Waals surface area contributed by atoms with Gasteiger partial charge in [-0.3, -0.25) is 9.78 Å². The molecular formula is C27H28N2O3. The van der Waals surface area contributed by atoms with Crippen molar-refractivity contribution in [1.82, 2.24) is 4.98 Å². The van der Waals surface area contributed by atoms with Gasteiger partial charge < -0.3 is 9.64 Å². The van der Waals surface area contributed by atoms with Crippen molar-refractivity contribution >= 4 is 17.4 Å². The molecule has 0 saturated carbocycles. The molecule has 1 saturated heterocycles. The highest BCUT2D eigenvalue weighted by molar-refractivity contribution is 5.97. The summed E-state index contributed by atoms with van der Waals surface area (Å²) in [6.45, 7) is 4.81. The highest BCUT2D eigenvalue weighted by Gasteiger charge is 2.35. The molecule has 4 rings (SSSR count). The van der Waals surface area contributed by atoms with E-state index in [1.807, 2.05) is 37.3 Å². The van der Waals surface area contributed by atoms with Gasteiger partial charge >= 0.3 is 5.97 Å². The number of hydrogen-bond donors (Lipinski definition) is 0. The predicted octanol–water partition coefficient (Wildman–Crippen LogP) is 4.86. The van der Waals surface area contributed by atoms with E-state index in [1.165, 1.54) is 7.11 Å². The van der Waals surface area contributed by atoms with E-state index in [0.29, 0.717) is 12.0 Å². The van der Waals surface area contributed by atoms with Crippen LogP contribution in [0.4, 0.5) is 5.69 Å². The first kappa shape index (κ1) is 21.8. The maximum absolute atomic E-state index is 13.2. The van der Waals surface area contributed by atoms with Crippen molar-refractivity contribution < 1.29 is 14.3 Å². The lowest BCUT2D eigenvalue weighted by atomic mass is 9.83. The van der Waals surface area contributed by atoms with Gasteiger partial charge in [-0.05, 0) is 61.2 Å². The van der Waals surface area contributed by atoms with Crippen LogP contribution in [0.3, 0.4) is 0 Å². The normalized spacial score (nSPS) is 16.2. The summed E-state index contributed by atoms with van der Waals surface area (Å²) in [5.74, 6) is -0.156. The fourth-order valence-corrected chi connectivity index (χ4v) is 4.38. The average molecular weight is 429 g/mol. The molecule has 2 atom stereocenters. The number of benzene rings is 2. The van der Waals surface area contributed by atoms with Crippen LogP contribution in [0.1, 0.15) is 51.5 Å².